The zero-order valence-corrected chi connectivity index (χ0v) is 12.9. The van der Waals surface area contributed by atoms with Gasteiger partial charge in [0.2, 0.25) is 0 Å². The third-order valence-corrected chi connectivity index (χ3v) is 2.34. The van der Waals surface area contributed by atoms with Gasteiger partial charge >= 0.3 is 12.1 Å². The van der Waals surface area contributed by atoms with Crippen LogP contribution in [0.15, 0.2) is 0 Å². The summed E-state index contributed by atoms with van der Waals surface area (Å²) in [5, 5.41) is 2.56. The monoisotopic (exact) mass is 273 g/mol. The molecule has 0 heterocycles. The van der Waals surface area contributed by atoms with Gasteiger partial charge in [0.05, 0.1) is 6.61 Å². The summed E-state index contributed by atoms with van der Waals surface area (Å²) in [6.07, 6.45) is 1.18. The highest BCUT2D eigenvalue weighted by Crippen LogP contribution is 2.09. The number of carbonyl (C=O) groups is 2. The number of carbonyl (C=O) groups excluding carboxylic acids is 2. The van der Waals surface area contributed by atoms with Gasteiger partial charge in [-0.1, -0.05) is 27.2 Å². The van der Waals surface area contributed by atoms with E-state index in [1.807, 2.05) is 20.8 Å². The van der Waals surface area contributed by atoms with Gasteiger partial charge in [-0.3, -0.25) is 0 Å². The van der Waals surface area contributed by atoms with Gasteiger partial charge in [0.25, 0.3) is 0 Å². The Balaban J connectivity index is 4.40. The average Bonchev–Trinajstić information content (AvgIpc) is 2.23. The normalized spacial score (nSPS) is 13.0. The van der Waals surface area contributed by atoms with Gasteiger partial charge in [-0.2, -0.15) is 0 Å². The van der Waals surface area contributed by atoms with Gasteiger partial charge in [0.15, 0.2) is 0 Å². The molecule has 0 saturated carbocycles. The van der Waals surface area contributed by atoms with Crippen molar-refractivity contribution in [1.29, 1.82) is 0 Å². The van der Waals surface area contributed by atoms with E-state index < -0.39 is 23.7 Å². The predicted octanol–water partition coefficient (Wildman–Crippen LogP) is 2.88. The molecule has 0 fully saturated rings. The fourth-order valence-corrected chi connectivity index (χ4v) is 1.34. The van der Waals surface area contributed by atoms with Crippen LogP contribution in [-0.4, -0.2) is 30.3 Å². The zero-order valence-electron chi connectivity index (χ0n) is 12.9. The van der Waals surface area contributed by atoms with Crippen LogP contribution >= 0.6 is 0 Å². The van der Waals surface area contributed by atoms with Gasteiger partial charge in [0.1, 0.15) is 11.6 Å². The second-order valence-corrected chi connectivity index (χ2v) is 5.89. The summed E-state index contributed by atoms with van der Waals surface area (Å²) in [6.45, 7) is 11.4. The number of unbranched alkanes of at least 4 members (excludes halogenated alkanes) is 1. The Kier molecular flexibility index (Phi) is 7.49. The van der Waals surface area contributed by atoms with Gasteiger partial charge in [-0.15, -0.1) is 0 Å². The maximum absolute atomic E-state index is 11.9. The van der Waals surface area contributed by atoms with E-state index in [9.17, 15) is 9.59 Å². The lowest BCUT2D eigenvalue weighted by atomic mass is 10.1. The highest BCUT2D eigenvalue weighted by Gasteiger charge is 2.27. The molecular weight excluding hydrogens is 246 g/mol. The Morgan fingerprint density at radius 2 is 1.79 bits per heavy atom. The van der Waals surface area contributed by atoms with Crippen LogP contribution in [0, 0.1) is 5.92 Å². The van der Waals surface area contributed by atoms with E-state index >= 15 is 0 Å². The van der Waals surface area contributed by atoms with Gasteiger partial charge in [-0.05, 0) is 33.1 Å². The molecule has 1 atom stereocenters. The molecule has 0 bridgehead atoms. The molecule has 0 aromatic carbocycles. The van der Waals surface area contributed by atoms with Crippen molar-refractivity contribution in [2.45, 2.75) is 66.0 Å². The lowest BCUT2D eigenvalue weighted by Gasteiger charge is -2.24. The highest BCUT2D eigenvalue weighted by atomic mass is 16.6. The number of alkyl carbamates (subject to hydrolysis) is 1. The Morgan fingerprint density at radius 3 is 2.21 bits per heavy atom. The van der Waals surface area contributed by atoms with E-state index in [4.69, 9.17) is 9.47 Å². The standard InChI is InChI=1S/C14H27NO4/c1-7-8-9-18-12(16)11(10(2)3)15-13(17)19-14(4,5)6/h10-11H,7-9H2,1-6H3,(H,15,17). The maximum Gasteiger partial charge on any atom is 0.408 e. The van der Waals surface area contributed by atoms with Crippen LogP contribution in [0.1, 0.15) is 54.4 Å². The minimum atomic E-state index is -0.674. The first kappa shape index (κ1) is 17.7. The van der Waals surface area contributed by atoms with Crippen LogP contribution < -0.4 is 5.32 Å². The molecule has 19 heavy (non-hydrogen) atoms. The van der Waals surface area contributed by atoms with Crippen molar-refractivity contribution in [3.8, 4) is 0 Å². The topological polar surface area (TPSA) is 64.6 Å². The summed E-state index contributed by atoms with van der Waals surface area (Å²) >= 11 is 0. The van der Waals surface area contributed by atoms with Crippen LogP contribution in [0.4, 0.5) is 4.79 Å². The maximum atomic E-state index is 11.9. The summed E-state index contributed by atoms with van der Waals surface area (Å²) in [7, 11) is 0. The number of ether oxygens (including phenoxy) is 2. The number of rotatable bonds is 6. The van der Waals surface area contributed by atoms with E-state index in [-0.39, 0.29) is 5.92 Å². The van der Waals surface area contributed by atoms with Crippen molar-refractivity contribution in [1.82, 2.24) is 5.32 Å². The van der Waals surface area contributed by atoms with Crippen LogP contribution in [0.25, 0.3) is 0 Å². The largest absolute Gasteiger partial charge is 0.464 e. The lowest BCUT2D eigenvalue weighted by molar-refractivity contribution is -0.147. The first-order valence-electron chi connectivity index (χ1n) is 6.83. The number of amides is 1. The first-order valence-corrected chi connectivity index (χ1v) is 6.83. The smallest absolute Gasteiger partial charge is 0.408 e. The van der Waals surface area contributed by atoms with Crippen LogP contribution in [0.5, 0.6) is 0 Å². The van der Waals surface area contributed by atoms with E-state index in [0.29, 0.717) is 6.61 Å². The van der Waals surface area contributed by atoms with Crippen molar-refractivity contribution in [2.24, 2.45) is 5.92 Å². The SMILES string of the molecule is CCCCOC(=O)C(NC(=O)OC(C)(C)C)C(C)C. The molecule has 0 aromatic heterocycles. The van der Waals surface area contributed by atoms with Crippen LogP contribution in [0.3, 0.4) is 0 Å². The third-order valence-electron chi connectivity index (χ3n) is 2.34. The molecule has 0 aliphatic carbocycles. The molecule has 0 aromatic rings. The fraction of sp³-hybridized carbons (Fsp3) is 0.857. The summed E-state index contributed by atoms with van der Waals surface area (Å²) in [4.78, 5) is 23.5. The van der Waals surface area contributed by atoms with Gasteiger partial charge in [-0.25, -0.2) is 9.59 Å². The molecule has 1 amide bonds. The number of nitrogens with one attached hydrogen (secondary N) is 1. The molecule has 0 aliphatic rings. The molecule has 0 rings (SSSR count). The zero-order chi connectivity index (χ0) is 15.1. The minimum Gasteiger partial charge on any atom is -0.464 e. The van der Waals surface area contributed by atoms with Crippen molar-refractivity contribution in [2.75, 3.05) is 6.61 Å². The summed E-state index contributed by atoms with van der Waals surface area (Å²) in [6, 6.07) is -0.674. The molecule has 1 N–H and O–H groups in total. The molecular formula is C14H27NO4. The Morgan fingerprint density at radius 1 is 1.21 bits per heavy atom. The molecule has 112 valence electrons. The lowest BCUT2D eigenvalue weighted by Crippen LogP contribution is -2.47. The molecule has 1 unspecified atom stereocenters. The average molecular weight is 273 g/mol. The molecule has 5 heteroatoms. The van der Waals surface area contributed by atoms with Crippen LogP contribution in [0.2, 0.25) is 0 Å². The third kappa shape index (κ3) is 8.46. The Bertz CT molecular complexity index is 294. The van der Waals surface area contributed by atoms with Crippen molar-refractivity contribution in [3.05, 3.63) is 0 Å². The van der Waals surface area contributed by atoms with E-state index in [1.165, 1.54) is 0 Å². The Hall–Kier alpha value is -1.26. The predicted molar refractivity (Wildman–Crippen MR) is 73.9 cm³/mol. The minimum absolute atomic E-state index is 0.0540. The number of hydrogen-bond donors (Lipinski definition) is 1. The quantitative estimate of drug-likeness (QED) is 0.597. The van der Waals surface area contributed by atoms with Gasteiger partial charge in [0, 0.05) is 0 Å². The highest BCUT2D eigenvalue weighted by molar-refractivity contribution is 5.81. The first-order chi connectivity index (χ1) is 8.67. The second kappa shape index (κ2) is 8.02. The van der Waals surface area contributed by atoms with Crippen molar-refractivity contribution >= 4 is 12.1 Å². The number of esters is 1. The summed E-state index contributed by atoms with van der Waals surface area (Å²) < 4.78 is 10.3. The summed E-state index contributed by atoms with van der Waals surface area (Å²) in [5.41, 5.74) is -0.586. The van der Waals surface area contributed by atoms with E-state index in [0.717, 1.165) is 12.8 Å². The second-order valence-electron chi connectivity index (χ2n) is 5.89. The molecule has 0 radical (unpaired) electrons. The van der Waals surface area contributed by atoms with Crippen molar-refractivity contribution < 1.29 is 19.1 Å². The molecule has 5 nitrogen and oxygen atoms in total. The van der Waals surface area contributed by atoms with E-state index in [1.54, 1.807) is 20.8 Å². The molecule has 0 saturated heterocycles. The fourth-order valence-electron chi connectivity index (χ4n) is 1.34. The number of hydrogen-bond acceptors (Lipinski definition) is 4. The molecule has 0 aliphatic heterocycles. The van der Waals surface area contributed by atoms with Crippen LogP contribution in [-0.2, 0) is 14.3 Å². The molecule has 0 spiro atoms. The Labute approximate surface area is 116 Å². The van der Waals surface area contributed by atoms with E-state index in [2.05, 4.69) is 5.32 Å². The van der Waals surface area contributed by atoms with Crippen molar-refractivity contribution in [3.63, 3.8) is 0 Å². The van der Waals surface area contributed by atoms with Gasteiger partial charge < -0.3 is 14.8 Å². The summed E-state index contributed by atoms with van der Waals surface area (Å²) in [5.74, 6) is -0.462.